The Hall–Kier alpha value is -1.49. The Morgan fingerprint density at radius 2 is 1.65 bits per heavy atom. The van der Waals surface area contributed by atoms with Gasteiger partial charge < -0.3 is 0 Å². The van der Waals surface area contributed by atoms with Crippen LogP contribution in [-0.2, 0) is 0 Å². The van der Waals surface area contributed by atoms with E-state index in [4.69, 9.17) is 12.2 Å². The number of ketones is 1. The van der Waals surface area contributed by atoms with E-state index in [0.717, 1.165) is 0 Å². The van der Waals surface area contributed by atoms with Gasteiger partial charge in [0.25, 0.3) is 0 Å². The fourth-order valence-electron chi connectivity index (χ4n) is 1.84. The number of alkyl halides is 3. The van der Waals surface area contributed by atoms with Crippen LogP contribution in [0.1, 0.15) is 22.8 Å². The van der Waals surface area contributed by atoms with Crippen molar-refractivity contribution >= 4 is 22.9 Å². The summed E-state index contributed by atoms with van der Waals surface area (Å²) in [6.45, 7) is 1.24. The van der Waals surface area contributed by atoms with E-state index in [9.17, 15) is 18.0 Å². The molecule has 0 aliphatic heterocycles. The number of allylic oxidation sites excluding steroid dienone is 2. The summed E-state index contributed by atoms with van der Waals surface area (Å²) >= 11 is 4.97. The monoisotopic (exact) mass is 256 g/mol. The molecule has 0 spiro atoms. The number of rotatable bonds is 0. The van der Waals surface area contributed by atoms with Gasteiger partial charge in [0.05, 0.1) is 0 Å². The average Bonchev–Trinajstić information content (AvgIpc) is 2.24. The number of benzene rings is 1. The molecule has 2 rings (SSSR count). The highest BCUT2D eigenvalue weighted by Crippen LogP contribution is 2.36. The van der Waals surface area contributed by atoms with Gasteiger partial charge in [0.1, 0.15) is 5.57 Å². The molecular formula is C12H7F3OS. The molecule has 17 heavy (non-hydrogen) atoms. The zero-order valence-corrected chi connectivity index (χ0v) is 9.58. The van der Waals surface area contributed by atoms with Gasteiger partial charge in [-0.05, 0) is 12.5 Å². The highest BCUT2D eigenvalue weighted by molar-refractivity contribution is 7.81. The molecule has 0 unspecified atom stereocenters. The highest BCUT2D eigenvalue weighted by atomic mass is 32.1. The number of hydrogen-bond acceptors (Lipinski definition) is 2. The van der Waals surface area contributed by atoms with Gasteiger partial charge >= 0.3 is 6.18 Å². The lowest BCUT2D eigenvalue weighted by Crippen LogP contribution is -2.29. The van der Waals surface area contributed by atoms with E-state index in [2.05, 4.69) is 0 Å². The standard InChI is InChI=1S/C12H7F3OS/c1-6-9(12(13,14)15)10(16)7-4-2-3-5-8(7)11(6)17/h2-5H,1H3. The fraction of sp³-hybridized carbons (Fsp3) is 0.167. The number of Topliss-reactive ketones (excluding diaryl/α,β-unsaturated/α-hetero) is 1. The SMILES string of the molecule is CC1=C(C(F)(F)F)C(=O)c2ccccc2C1=S. The van der Waals surface area contributed by atoms with Gasteiger partial charge in [-0.2, -0.15) is 13.2 Å². The molecule has 1 nitrogen and oxygen atoms in total. The first-order valence-electron chi connectivity index (χ1n) is 4.80. The molecule has 0 atom stereocenters. The van der Waals surface area contributed by atoms with Crippen LogP contribution in [0.3, 0.4) is 0 Å². The van der Waals surface area contributed by atoms with E-state index < -0.39 is 17.5 Å². The molecule has 0 radical (unpaired) electrons. The van der Waals surface area contributed by atoms with E-state index in [1.807, 2.05) is 0 Å². The third kappa shape index (κ3) is 1.80. The van der Waals surface area contributed by atoms with E-state index in [0.29, 0.717) is 5.56 Å². The number of halogens is 3. The molecule has 1 aliphatic rings. The summed E-state index contributed by atoms with van der Waals surface area (Å²) in [6, 6.07) is 6.09. The van der Waals surface area contributed by atoms with Crippen LogP contribution in [-0.4, -0.2) is 16.8 Å². The molecule has 1 aliphatic carbocycles. The first-order chi connectivity index (χ1) is 7.84. The van der Waals surface area contributed by atoms with Crippen molar-refractivity contribution < 1.29 is 18.0 Å². The van der Waals surface area contributed by atoms with Gasteiger partial charge in [-0.3, -0.25) is 4.79 Å². The molecule has 0 heterocycles. The van der Waals surface area contributed by atoms with Gasteiger partial charge in [-0.1, -0.05) is 36.5 Å². The average molecular weight is 256 g/mol. The predicted molar refractivity (Wildman–Crippen MR) is 61.2 cm³/mol. The van der Waals surface area contributed by atoms with Crippen LogP contribution in [0, 0.1) is 0 Å². The Bertz CT molecular complexity index is 555. The lowest BCUT2D eigenvalue weighted by atomic mass is 9.85. The topological polar surface area (TPSA) is 17.1 Å². The summed E-state index contributed by atoms with van der Waals surface area (Å²) in [5.74, 6) is -1.00. The Kier molecular flexibility index (Phi) is 2.66. The van der Waals surface area contributed by atoms with E-state index in [-0.39, 0.29) is 16.0 Å². The van der Waals surface area contributed by atoms with Gasteiger partial charge in [-0.15, -0.1) is 0 Å². The smallest absolute Gasteiger partial charge is 0.289 e. The first-order valence-corrected chi connectivity index (χ1v) is 5.21. The van der Waals surface area contributed by atoms with Gasteiger partial charge in [-0.25, -0.2) is 0 Å². The summed E-state index contributed by atoms with van der Waals surface area (Å²) in [5, 5.41) is 0. The second kappa shape index (κ2) is 3.77. The molecule has 5 heteroatoms. The Labute approximate surface area is 101 Å². The van der Waals surface area contributed by atoms with Crippen molar-refractivity contribution in [3.63, 3.8) is 0 Å². The highest BCUT2D eigenvalue weighted by Gasteiger charge is 2.44. The molecule has 0 bridgehead atoms. The summed E-state index contributed by atoms with van der Waals surface area (Å²) in [7, 11) is 0. The predicted octanol–water partition coefficient (Wildman–Crippen LogP) is 3.48. The maximum Gasteiger partial charge on any atom is 0.420 e. The normalized spacial score (nSPS) is 16.2. The van der Waals surface area contributed by atoms with Crippen molar-refractivity contribution in [3.8, 4) is 0 Å². The zero-order chi connectivity index (χ0) is 12.8. The van der Waals surface area contributed by atoms with Crippen molar-refractivity contribution in [2.45, 2.75) is 13.1 Å². The molecular weight excluding hydrogens is 249 g/mol. The van der Waals surface area contributed by atoms with E-state index in [1.165, 1.54) is 19.1 Å². The minimum absolute atomic E-state index is 0.0235. The summed E-state index contributed by atoms with van der Waals surface area (Å²) in [5.41, 5.74) is -0.897. The first kappa shape index (κ1) is 12.0. The van der Waals surface area contributed by atoms with Crippen molar-refractivity contribution in [1.82, 2.24) is 0 Å². The molecule has 0 amide bonds. The van der Waals surface area contributed by atoms with Crippen LogP contribution in [0.25, 0.3) is 0 Å². The third-order valence-corrected chi connectivity index (χ3v) is 3.17. The van der Waals surface area contributed by atoms with Crippen LogP contribution in [0.15, 0.2) is 35.4 Å². The van der Waals surface area contributed by atoms with Crippen molar-refractivity contribution in [2.24, 2.45) is 0 Å². The van der Waals surface area contributed by atoms with Crippen LogP contribution in [0.2, 0.25) is 0 Å². The van der Waals surface area contributed by atoms with E-state index in [1.54, 1.807) is 12.1 Å². The molecule has 0 N–H and O–H groups in total. The quantitative estimate of drug-likeness (QED) is 0.661. The maximum atomic E-state index is 12.8. The lowest BCUT2D eigenvalue weighted by molar-refractivity contribution is -0.0892. The minimum Gasteiger partial charge on any atom is -0.289 e. The minimum atomic E-state index is -4.67. The van der Waals surface area contributed by atoms with Gasteiger partial charge in [0.2, 0.25) is 0 Å². The molecule has 0 saturated carbocycles. The third-order valence-electron chi connectivity index (χ3n) is 2.64. The molecule has 1 aromatic rings. The Balaban J connectivity index is 2.71. The van der Waals surface area contributed by atoms with Crippen LogP contribution in [0.5, 0.6) is 0 Å². The van der Waals surface area contributed by atoms with Crippen molar-refractivity contribution in [3.05, 3.63) is 46.5 Å². The van der Waals surface area contributed by atoms with Gasteiger partial charge in [0.15, 0.2) is 5.78 Å². The molecule has 88 valence electrons. The summed E-state index contributed by atoms with van der Waals surface area (Å²) in [4.78, 5) is 11.9. The number of carbonyl (C=O) groups excluding carboxylic acids is 1. The lowest BCUT2D eigenvalue weighted by Gasteiger charge is -2.22. The Morgan fingerprint density at radius 3 is 2.18 bits per heavy atom. The maximum absolute atomic E-state index is 12.8. The molecule has 0 fully saturated rings. The van der Waals surface area contributed by atoms with Gasteiger partial charge in [0, 0.05) is 16.0 Å². The number of fused-ring (bicyclic) bond motifs is 1. The second-order valence-corrected chi connectivity index (χ2v) is 4.11. The van der Waals surface area contributed by atoms with Crippen molar-refractivity contribution in [1.29, 1.82) is 0 Å². The molecule has 1 aromatic carbocycles. The van der Waals surface area contributed by atoms with Crippen LogP contribution in [0.4, 0.5) is 13.2 Å². The Morgan fingerprint density at radius 1 is 1.12 bits per heavy atom. The number of hydrogen-bond donors (Lipinski definition) is 0. The largest absolute Gasteiger partial charge is 0.420 e. The van der Waals surface area contributed by atoms with Crippen LogP contribution >= 0.6 is 12.2 Å². The van der Waals surface area contributed by atoms with Crippen LogP contribution < -0.4 is 0 Å². The summed E-state index contributed by atoms with van der Waals surface area (Å²) < 4.78 is 38.3. The summed E-state index contributed by atoms with van der Waals surface area (Å²) in [6.07, 6.45) is -4.67. The fourth-order valence-corrected chi connectivity index (χ4v) is 2.12. The number of thiocarbonyl (C=S) groups is 1. The second-order valence-electron chi connectivity index (χ2n) is 3.70. The molecule has 0 aromatic heterocycles. The molecule has 0 saturated heterocycles. The van der Waals surface area contributed by atoms with Crippen molar-refractivity contribution in [2.75, 3.05) is 0 Å². The number of carbonyl (C=O) groups is 1. The zero-order valence-electron chi connectivity index (χ0n) is 8.76. The van der Waals surface area contributed by atoms with E-state index >= 15 is 0 Å².